The first-order chi connectivity index (χ1) is 5.79. The summed E-state index contributed by atoms with van der Waals surface area (Å²) in [4.78, 5) is 4.26. The van der Waals surface area contributed by atoms with Gasteiger partial charge in [-0.2, -0.15) is 0 Å². The van der Waals surface area contributed by atoms with Crippen LogP contribution >= 0.6 is 11.3 Å². The summed E-state index contributed by atoms with van der Waals surface area (Å²) in [6, 6.07) is 6.13. The van der Waals surface area contributed by atoms with Gasteiger partial charge in [-0.15, -0.1) is 11.3 Å². The van der Waals surface area contributed by atoms with E-state index in [1.165, 1.54) is 5.56 Å². The Hall–Kier alpha value is -0.930. The minimum absolute atomic E-state index is 0.0401. The minimum Gasteiger partial charge on any atom is -0.389 e. The molecule has 0 bridgehead atoms. The molecule has 3 heteroatoms. The van der Waals surface area contributed by atoms with E-state index in [2.05, 4.69) is 11.1 Å². The molecule has 0 spiro atoms. The number of hydrogen-bond acceptors (Lipinski definition) is 3. The molecule has 0 unspecified atom stereocenters. The van der Waals surface area contributed by atoms with Crippen LogP contribution in [0.4, 0.5) is 0 Å². The number of hydrogen-bond donors (Lipinski definition) is 1. The zero-order chi connectivity index (χ0) is 8.55. The van der Waals surface area contributed by atoms with Crippen molar-refractivity contribution >= 4 is 21.6 Å². The monoisotopic (exact) mass is 179 g/mol. The summed E-state index contributed by atoms with van der Waals surface area (Å²) >= 11 is 1.54. The Morgan fingerprint density at radius 3 is 3.08 bits per heavy atom. The molecule has 62 valence electrons. The Bertz CT molecular complexity index is 408. The Morgan fingerprint density at radius 2 is 2.33 bits per heavy atom. The highest BCUT2D eigenvalue weighted by Crippen LogP contribution is 2.22. The van der Waals surface area contributed by atoms with Crippen LogP contribution in [0.3, 0.4) is 0 Å². The van der Waals surface area contributed by atoms with Gasteiger partial charge in [-0.05, 0) is 24.6 Å². The van der Waals surface area contributed by atoms with E-state index < -0.39 is 0 Å². The van der Waals surface area contributed by atoms with E-state index >= 15 is 0 Å². The van der Waals surface area contributed by atoms with Crippen molar-refractivity contribution in [2.45, 2.75) is 13.5 Å². The summed E-state index contributed by atoms with van der Waals surface area (Å²) in [5.41, 5.74) is 2.20. The molecule has 2 aromatic rings. The van der Waals surface area contributed by atoms with E-state index in [1.54, 1.807) is 11.3 Å². The summed E-state index contributed by atoms with van der Waals surface area (Å²) in [6.45, 7) is 2.08. The van der Waals surface area contributed by atoms with Gasteiger partial charge in [0.25, 0.3) is 0 Å². The van der Waals surface area contributed by atoms with Crippen molar-refractivity contribution in [1.29, 1.82) is 0 Å². The van der Waals surface area contributed by atoms with Crippen LogP contribution in [0.5, 0.6) is 0 Å². The number of aryl methyl sites for hydroxylation is 1. The summed E-state index contributed by atoms with van der Waals surface area (Å²) in [5, 5.41) is 9.64. The lowest BCUT2D eigenvalue weighted by Crippen LogP contribution is -1.77. The molecule has 0 radical (unpaired) electrons. The molecular weight excluding hydrogens is 170 g/mol. The van der Waals surface area contributed by atoms with Crippen LogP contribution in [0, 0.1) is 6.92 Å². The number of thiazole rings is 1. The van der Waals surface area contributed by atoms with Gasteiger partial charge >= 0.3 is 0 Å². The van der Waals surface area contributed by atoms with Crippen LogP contribution in [0.1, 0.15) is 10.6 Å². The maximum absolute atomic E-state index is 8.86. The quantitative estimate of drug-likeness (QED) is 0.727. The second-order valence-corrected chi connectivity index (χ2v) is 3.85. The summed E-state index contributed by atoms with van der Waals surface area (Å²) < 4.78 is 1.14. The smallest absolute Gasteiger partial charge is 0.119 e. The fourth-order valence-electron chi connectivity index (χ4n) is 1.15. The van der Waals surface area contributed by atoms with Crippen molar-refractivity contribution in [3.63, 3.8) is 0 Å². The number of benzene rings is 1. The average Bonchev–Trinajstić information content (AvgIpc) is 2.46. The van der Waals surface area contributed by atoms with Crippen molar-refractivity contribution < 1.29 is 5.11 Å². The van der Waals surface area contributed by atoms with E-state index in [0.29, 0.717) is 0 Å². The van der Waals surface area contributed by atoms with Crippen LogP contribution in [-0.4, -0.2) is 10.1 Å². The highest BCUT2D eigenvalue weighted by molar-refractivity contribution is 7.18. The van der Waals surface area contributed by atoms with Gasteiger partial charge in [-0.25, -0.2) is 4.98 Å². The molecule has 0 aliphatic rings. The average molecular weight is 179 g/mol. The van der Waals surface area contributed by atoms with Crippen molar-refractivity contribution in [3.05, 3.63) is 28.8 Å². The van der Waals surface area contributed by atoms with Crippen LogP contribution in [0.2, 0.25) is 0 Å². The molecule has 1 N–H and O–H groups in total. The standard InChI is InChI=1S/C9H9NOS/c1-6-2-3-8-7(4-6)10-9(5-11)12-8/h2-4,11H,5H2,1H3. The van der Waals surface area contributed by atoms with E-state index in [4.69, 9.17) is 5.11 Å². The molecule has 0 aliphatic heterocycles. The Kier molecular flexibility index (Phi) is 1.83. The molecule has 1 heterocycles. The third kappa shape index (κ3) is 1.21. The maximum Gasteiger partial charge on any atom is 0.119 e. The fraction of sp³-hybridized carbons (Fsp3) is 0.222. The second kappa shape index (κ2) is 2.84. The number of rotatable bonds is 1. The normalized spacial score (nSPS) is 10.8. The lowest BCUT2D eigenvalue weighted by molar-refractivity contribution is 0.281. The number of nitrogens with zero attached hydrogens (tertiary/aromatic N) is 1. The Morgan fingerprint density at radius 1 is 1.50 bits per heavy atom. The highest BCUT2D eigenvalue weighted by Gasteiger charge is 2.01. The van der Waals surface area contributed by atoms with Gasteiger partial charge in [0.15, 0.2) is 0 Å². The van der Waals surface area contributed by atoms with Gasteiger partial charge in [0.2, 0.25) is 0 Å². The van der Waals surface area contributed by atoms with E-state index in [9.17, 15) is 0 Å². The molecule has 0 fully saturated rings. The highest BCUT2D eigenvalue weighted by atomic mass is 32.1. The van der Waals surface area contributed by atoms with Crippen molar-refractivity contribution in [2.24, 2.45) is 0 Å². The second-order valence-electron chi connectivity index (χ2n) is 2.74. The fourth-order valence-corrected chi connectivity index (χ4v) is 1.96. The van der Waals surface area contributed by atoms with Crippen molar-refractivity contribution in [3.8, 4) is 0 Å². The Balaban J connectivity index is 2.67. The van der Waals surface area contributed by atoms with E-state index in [-0.39, 0.29) is 6.61 Å². The van der Waals surface area contributed by atoms with Crippen LogP contribution in [0.25, 0.3) is 10.2 Å². The molecule has 1 aromatic carbocycles. The molecule has 0 aliphatic carbocycles. The number of aliphatic hydroxyl groups excluding tert-OH is 1. The van der Waals surface area contributed by atoms with Gasteiger partial charge < -0.3 is 5.11 Å². The predicted octanol–water partition coefficient (Wildman–Crippen LogP) is 2.10. The van der Waals surface area contributed by atoms with Crippen LogP contribution < -0.4 is 0 Å². The molecule has 0 saturated heterocycles. The maximum atomic E-state index is 8.86. The van der Waals surface area contributed by atoms with Crippen LogP contribution in [0.15, 0.2) is 18.2 Å². The van der Waals surface area contributed by atoms with Gasteiger partial charge in [0, 0.05) is 0 Å². The van der Waals surface area contributed by atoms with E-state index in [1.807, 2.05) is 19.1 Å². The minimum atomic E-state index is 0.0401. The first-order valence-corrected chi connectivity index (χ1v) is 4.58. The third-order valence-electron chi connectivity index (χ3n) is 1.72. The van der Waals surface area contributed by atoms with Gasteiger partial charge in [-0.3, -0.25) is 0 Å². The van der Waals surface area contributed by atoms with Gasteiger partial charge in [0.1, 0.15) is 5.01 Å². The van der Waals surface area contributed by atoms with Crippen molar-refractivity contribution in [2.75, 3.05) is 0 Å². The van der Waals surface area contributed by atoms with Gasteiger partial charge in [-0.1, -0.05) is 6.07 Å². The van der Waals surface area contributed by atoms with Crippen molar-refractivity contribution in [1.82, 2.24) is 4.98 Å². The van der Waals surface area contributed by atoms with Crippen LogP contribution in [-0.2, 0) is 6.61 Å². The molecule has 2 nitrogen and oxygen atoms in total. The molecule has 12 heavy (non-hydrogen) atoms. The summed E-state index contributed by atoms with van der Waals surface area (Å²) in [6.07, 6.45) is 0. The Labute approximate surface area is 74.5 Å². The largest absolute Gasteiger partial charge is 0.389 e. The first-order valence-electron chi connectivity index (χ1n) is 3.76. The topological polar surface area (TPSA) is 33.1 Å². The third-order valence-corrected chi connectivity index (χ3v) is 2.74. The van der Waals surface area contributed by atoms with Gasteiger partial charge in [0.05, 0.1) is 16.8 Å². The molecule has 1 aromatic heterocycles. The molecule has 0 saturated carbocycles. The molecule has 0 amide bonds. The lowest BCUT2D eigenvalue weighted by atomic mass is 10.2. The predicted molar refractivity (Wildman–Crippen MR) is 50.3 cm³/mol. The number of fused-ring (bicyclic) bond motifs is 1. The zero-order valence-electron chi connectivity index (χ0n) is 6.74. The zero-order valence-corrected chi connectivity index (χ0v) is 7.56. The number of aliphatic hydroxyl groups is 1. The summed E-state index contributed by atoms with van der Waals surface area (Å²) in [5.74, 6) is 0. The first kappa shape index (κ1) is 7.71. The summed E-state index contributed by atoms with van der Waals surface area (Å²) in [7, 11) is 0. The number of aromatic nitrogens is 1. The molecule has 2 rings (SSSR count). The molecule has 0 atom stereocenters. The SMILES string of the molecule is Cc1ccc2sc(CO)nc2c1. The van der Waals surface area contributed by atoms with E-state index in [0.717, 1.165) is 15.2 Å². The lowest BCUT2D eigenvalue weighted by Gasteiger charge is -1.88. The molecular formula is C9H9NOS.